The third-order valence-electron chi connectivity index (χ3n) is 4.89. The van der Waals surface area contributed by atoms with Gasteiger partial charge in [-0.15, -0.1) is 0 Å². The Morgan fingerprint density at radius 1 is 1.38 bits per heavy atom. The van der Waals surface area contributed by atoms with Crippen molar-refractivity contribution in [2.45, 2.75) is 38.9 Å². The molecule has 0 unspecified atom stereocenters. The number of nitrogens with zero attached hydrogens (tertiary/aromatic N) is 3. The summed E-state index contributed by atoms with van der Waals surface area (Å²) in [5.41, 5.74) is 9.25. The number of nitrogens with one attached hydrogen (secondary N) is 1. The van der Waals surface area contributed by atoms with Crippen LogP contribution in [-0.2, 0) is 11.3 Å². The van der Waals surface area contributed by atoms with E-state index in [9.17, 15) is 4.79 Å². The minimum atomic E-state index is -0.173. The van der Waals surface area contributed by atoms with Gasteiger partial charge >= 0.3 is 0 Å². The molecule has 1 aromatic carbocycles. The summed E-state index contributed by atoms with van der Waals surface area (Å²) >= 11 is 0. The van der Waals surface area contributed by atoms with Gasteiger partial charge in [0, 0.05) is 36.9 Å². The van der Waals surface area contributed by atoms with Crippen molar-refractivity contribution in [1.29, 1.82) is 0 Å². The number of ether oxygens (including phenoxy) is 1. The molecule has 1 aliphatic rings. The van der Waals surface area contributed by atoms with E-state index in [1.807, 2.05) is 49.0 Å². The lowest BCUT2D eigenvalue weighted by molar-refractivity contribution is -0.125. The molecule has 0 aliphatic carbocycles. The predicted octanol–water partition coefficient (Wildman–Crippen LogP) is 1.23. The van der Waals surface area contributed by atoms with E-state index in [1.54, 1.807) is 7.11 Å². The lowest BCUT2D eigenvalue weighted by atomic mass is 10.1. The molecule has 1 saturated heterocycles. The predicted molar refractivity (Wildman–Crippen MR) is 100 cm³/mol. The van der Waals surface area contributed by atoms with Gasteiger partial charge in [-0.05, 0) is 44.5 Å². The number of aromatic nitrogens is 2. The van der Waals surface area contributed by atoms with Crippen LogP contribution in [0.4, 0.5) is 0 Å². The van der Waals surface area contributed by atoms with Crippen LogP contribution in [0.25, 0.3) is 5.69 Å². The Labute approximate surface area is 154 Å². The molecule has 140 valence electrons. The maximum Gasteiger partial charge on any atom is 0.237 e. The maximum atomic E-state index is 12.3. The largest absolute Gasteiger partial charge is 0.497 e. The van der Waals surface area contributed by atoms with Crippen LogP contribution in [0.2, 0.25) is 0 Å². The second-order valence-corrected chi connectivity index (χ2v) is 6.70. The standard InChI is InChI=1S/C19H27N5O2/c1-4-21-19(25)18-9-15(20)12-23(18)11-14-10-22-24(13(14)2)16-5-7-17(26-3)8-6-16/h5-8,10,15,18H,4,9,11-12,20H2,1-3H3,(H,21,25)/t15-,18-/m0/s1. The van der Waals surface area contributed by atoms with Crippen molar-refractivity contribution in [3.63, 3.8) is 0 Å². The van der Waals surface area contributed by atoms with Gasteiger partial charge in [0.15, 0.2) is 0 Å². The van der Waals surface area contributed by atoms with Crippen LogP contribution >= 0.6 is 0 Å². The van der Waals surface area contributed by atoms with E-state index in [4.69, 9.17) is 10.5 Å². The summed E-state index contributed by atoms with van der Waals surface area (Å²) < 4.78 is 7.12. The Hall–Kier alpha value is -2.38. The molecule has 7 nitrogen and oxygen atoms in total. The molecule has 0 bridgehead atoms. The van der Waals surface area contributed by atoms with E-state index in [2.05, 4.69) is 15.3 Å². The summed E-state index contributed by atoms with van der Waals surface area (Å²) in [5.74, 6) is 0.871. The van der Waals surface area contributed by atoms with Crippen LogP contribution in [0.3, 0.4) is 0 Å². The molecule has 26 heavy (non-hydrogen) atoms. The number of likely N-dealkylation sites (tertiary alicyclic amines) is 1. The number of hydrogen-bond acceptors (Lipinski definition) is 5. The highest BCUT2D eigenvalue weighted by Crippen LogP contribution is 2.23. The smallest absolute Gasteiger partial charge is 0.237 e. The van der Waals surface area contributed by atoms with Crippen LogP contribution in [-0.4, -0.2) is 52.9 Å². The summed E-state index contributed by atoms with van der Waals surface area (Å²) in [6.07, 6.45) is 2.57. The summed E-state index contributed by atoms with van der Waals surface area (Å²) in [7, 11) is 1.65. The molecule has 3 rings (SSSR count). The van der Waals surface area contributed by atoms with Gasteiger partial charge in [-0.2, -0.15) is 5.10 Å². The molecule has 1 aromatic heterocycles. The van der Waals surface area contributed by atoms with Gasteiger partial charge in [0.2, 0.25) is 5.91 Å². The first-order chi connectivity index (χ1) is 12.5. The fraction of sp³-hybridized carbons (Fsp3) is 0.474. The van der Waals surface area contributed by atoms with Crippen molar-refractivity contribution < 1.29 is 9.53 Å². The third-order valence-corrected chi connectivity index (χ3v) is 4.89. The van der Waals surface area contributed by atoms with Crippen molar-refractivity contribution in [1.82, 2.24) is 20.0 Å². The highest BCUT2D eigenvalue weighted by atomic mass is 16.5. The number of methoxy groups -OCH3 is 1. The molecule has 0 saturated carbocycles. The van der Waals surface area contributed by atoms with Crippen LogP contribution in [0.1, 0.15) is 24.6 Å². The fourth-order valence-electron chi connectivity index (χ4n) is 3.48. The number of likely N-dealkylation sites (N-methyl/N-ethyl adjacent to an activating group) is 1. The Kier molecular flexibility index (Phi) is 5.58. The Morgan fingerprint density at radius 3 is 2.77 bits per heavy atom. The first-order valence-corrected chi connectivity index (χ1v) is 8.98. The van der Waals surface area contributed by atoms with Gasteiger partial charge < -0.3 is 15.8 Å². The van der Waals surface area contributed by atoms with E-state index in [-0.39, 0.29) is 18.0 Å². The normalized spacial score (nSPS) is 20.3. The van der Waals surface area contributed by atoms with Gasteiger partial charge in [-0.25, -0.2) is 4.68 Å². The molecule has 1 fully saturated rings. The van der Waals surface area contributed by atoms with Gasteiger partial charge in [0.05, 0.1) is 25.0 Å². The molecule has 1 amide bonds. The van der Waals surface area contributed by atoms with E-state index < -0.39 is 0 Å². The molecule has 2 heterocycles. The van der Waals surface area contributed by atoms with Gasteiger partial charge in [-0.3, -0.25) is 9.69 Å². The minimum Gasteiger partial charge on any atom is -0.497 e. The molecule has 7 heteroatoms. The molecule has 2 aromatic rings. The van der Waals surface area contributed by atoms with E-state index in [1.165, 1.54) is 0 Å². The van der Waals surface area contributed by atoms with Crippen LogP contribution in [0.5, 0.6) is 5.75 Å². The van der Waals surface area contributed by atoms with Crippen molar-refractivity contribution >= 4 is 5.91 Å². The zero-order valence-electron chi connectivity index (χ0n) is 15.6. The number of carbonyl (C=O) groups is 1. The zero-order chi connectivity index (χ0) is 18.7. The second kappa shape index (κ2) is 7.88. The van der Waals surface area contributed by atoms with E-state index in [0.29, 0.717) is 19.5 Å². The van der Waals surface area contributed by atoms with Crippen molar-refractivity contribution in [2.24, 2.45) is 5.73 Å². The monoisotopic (exact) mass is 357 g/mol. The zero-order valence-corrected chi connectivity index (χ0v) is 15.6. The first-order valence-electron chi connectivity index (χ1n) is 8.98. The average molecular weight is 357 g/mol. The number of benzene rings is 1. The average Bonchev–Trinajstić information content (AvgIpc) is 3.19. The Morgan fingerprint density at radius 2 is 2.12 bits per heavy atom. The molecule has 3 N–H and O–H groups in total. The van der Waals surface area contributed by atoms with E-state index >= 15 is 0 Å². The molecular weight excluding hydrogens is 330 g/mol. The molecule has 0 spiro atoms. The second-order valence-electron chi connectivity index (χ2n) is 6.70. The quantitative estimate of drug-likeness (QED) is 0.812. The number of rotatable bonds is 6. The summed E-state index contributed by atoms with van der Waals surface area (Å²) in [6.45, 7) is 5.99. The Bertz CT molecular complexity index is 756. The van der Waals surface area contributed by atoms with Crippen LogP contribution < -0.4 is 15.8 Å². The van der Waals surface area contributed by atoms with Gasteiger partial charge in [-0.1, -0.05) is 0 Å². The van der Waals surface area contributed by atoms with Gasteiger partial charge in [0.25, 0.3) is 0 Å². The lowest BCUT2D eigenvalue weighted by Gasteiger charge is -2.23. The van der Waals surface area contributed by atoms with Crippen molar-refractivity contribution in [3.05, 3.63) is 41.7 Å². The van der Waals surface area contributed by atoms with Gasteiger partial charge in [0.1, 0.15) is 5.75 Å². The SMILES string of the molecule is CCNC(=O)[C@@H]1C[C@H](N)CN1Cc1cnn(-c2ccc(OC)cc2)c1C. The summed E-state index contributed by atoms with van der Waals surface area (Å²) in [4.78, 5) is 14.5. The number of hydrogen-bond donors (Lipinski definition) is 2. The molecule has 2 atom stereocenters. The van der Waals surface area contributed by atoms with Crippen LogP contribution in [0, 0.1) is 6.92 Å². The number of carbonyl (C=O) groups excluding carboxylic acids is 1. The fourth-order valence-corrected chi connectivity index (χ4v) is 3.48. The third kappa shape index (κ3) is 3.73. The van der Waals surface area contributed by atoms with Crippen molar-refractivity contribution in [2.75, 3.05) is 20.2 Å². The molecule has 0 radical (unpaired) electrons. The Balaban J connectivity index is 1.77. The van der Waals surface area contributed by atoms with Crippen molar-refractivity contribution in [3.8, 4) is 11.4 Å². The highest BCUT2D eigenvalue weighted by Gasteiger charge is 2.35. The molecule has 1 aliphatic heterocycles. The van der Waals surface area contributed by atoms with E-state index in [0.717, 1.165) is 29.2 Å². The topological polar surface area (TPSA) is 85.4 Å². The first kappa shape index (κ1) is 18.4. The minimum absolute atomic E-state index is 0.0274. The van der Waals surface area contributed by atoms with Crippen LogP contribution in [0.15, 0.2) is 30.5 Å². The summed E-state index contributed by atoms with van der Waals surface area (Å²) in [6, 6.07) is 7.65. The maximum absolute atomic E-state index is 12.3. The lowest BCUT2D eigenvalue weighted by Crippen LogP contribution is -2.42. The molecular formula is C19H27N5O2. The number of amides is 1. The summed E-state index contributed by atoms with van der Waals surface area (Å²) in [5, 5.41) is 7.44. The number of nitrogens with two attached hydrogens (primary N) is 1. The highest BCUT2D eigenvalue weighted by molar-refractivity contribution is 5.82.